The fourth-order valence-corrected chi connectivity index (χ4v) is 3.06. The predicted molar refractivity (Wildman–Crippen MR) is 72.0 cm³/mol. The van der Waals surface area contributed by atoms with Gasteiger partial charge in [-0.1, -0.05) is 60.8 Å². The van der Waals surface area contributed by atoms with Crippen LogP contribution in [-0.2, 0) is 0 Å². The maximum absolute atomic E-state index is 2.46. The van der Waals surface area contributed by atoms with E-state index in [1.165, 1.54) is 19.3 Å². The Morgan fingerprint density at radius 1 is 0.714 bits per heavy atom. The zero-order chi connectivity index (χ0) is 10.4. The van der Waals surface area contributed by atoms with Gasteiger partial charge in [-0.25, -0.2) is 0 Å². The Labute approximate surface area is 104 Å². The van der Waals surface area contributed by atoms with Crippen molar-refractivity contribution in [1.29, 1.82) is 0 Å². The Kier molecular flexibility index (Phi) is 10.9. The van der Waals surface area contributed by atoms with Crippen molar-refractivity contribution in [3.05, 3.63) is 0 Å². The molecule has 0 aromatic rings. The van der Waals surface area contributed by atoms with Crippen LogP contribution < -0.4 is 0 Å². The smallest absolute Gasteiger partial charge is 0 e. The van der Waals surface area contributed by atoms with E-state index in [9.17, 15) is 0 Å². The molecule has 0 fully saturated rings. The molecule has 0 rings (SSSR count). The minimum absolute atomic E-state index is 0. The van der Waals surface area contributed by atoms with E-state index in [2.05, 4.69) is 41.5 Å². The second-order valence-electron chi connectivity index (χ2n) is 5.25. The Balaban J connectivity index is 0. The summed E-state index contributed by atoms with van der Waals surface area (Å²) in [6.45, 7) is 14.5. The normalized spacial score (nSPS) is 19.3. The van der Waals surface area contributed by atoms with Gasteiger partial charge >= 0.3 is 0 Å². The molecule has 0 aromatic carbocycles. The molecule has 0 aliphatic rings. The largest absolute Gasteiger partial charge is 0.172 e. The Hall–Kier alpha value is 0.662. The van der Waals surface area contributed by atoms with Gasteiger partial charge in [0.25, 0.3) is 0 Å². The summed E-state index contributed by atoms with van der Waals surface area (Å²) in [5, 5.41) is 0. The average molecular weight is 190 g/mol. The van der Waals surface area contributed by atoms with Crippen molar-refractivity contribution in [3.63, 3.8) is 0 Å². The van der Waals surface area contributed by atoms with Crippen LogP contribution >= 0.6 is 0 Å². The van der Waals surface area contributed by atoms with E-state index >= 15 is 0 Å². The second kappa shape index (κ2) is 8.93. The summed E-state index contributed by atoms with van der Waals surface area (Å²) in [5.74, 6) is 2.93. The van der Waals surface area contributed by atoms with Crippen molar-refractivity contribution in [3.8, 4) is 0 Å². The monoisotopic (exact) mass is 190 g/mol. The molecular formula is C12H28BLi-. The van der Waals surface area contributed by atoms with Crippen LogP contribution in [0, 0.1) is 0 Å². The average Bonchev–Trinajstić information content (AvgIpc) is 2.16. The third kappa shape index (κ3) is 4.94. The van der Waals surface area contributed by atoms with E-state index in [0.29, 0.717) is 0 Å². The van der Waals surface area contributed by atoms with Gasteiger partial charge in [0.15, 0.2) is 0 Å². The van der Waals surface area contributed by atoms with Crippen LogP contribution in [0.1, 0.15) is 60.8 Å². The van der Waals surface area contributed by atoms with Gasteiger partial charge in [-0.05, 0) is 6.71 Å². The summed E-state index contributed by atoms with van der Waals surface area (Å²) in [5.41, 5.74) is 0. The van der Waals surface area contributed by atoms with Crippen molar-refractivity contribution in [2.45, 2.75) is 78.3 Å². The maximum atomic E-state index is 2.46. The first-order valence-corrected chi connectivity index (χ1v) is 6.30. The third-order valence-electron chi connectivity index (χ3n) is 4.50. The molecule has 0 aliphatic heterocycles. The third-order valence-corrected chi connectivity index (χ3v) is 4.50. The summed E-state index contributed by atoms with van der Waals surface area (Å²) in [6.07, 6.45) is 4.11. The molecule has 0 nitrogen and oxygen atoms in total. The molecule has 81 valence electrons. The van der Waals surface area contributed by atoms with Gasteiger partial charge in [0.05, 0.1) is 0 Å². The molecule has 0 aliphatic carbocycles. The molecule has 3 atom stereocenters. The van der Waals surface area contributed by atoms with Crippen LogP contribution in [0.15, 0.2) is 0 Å². The van der Waals surface area contributed by atoms with Crippen molar-refractivity contribution in [2.24, 2.45) is 0 Å². The first-order chi connectivity index (χ1) is 6.08. The molecule has 14 heavy (non-hydrogen) atoms. The predicted octanol–water partition coefficient (Wildman–Crippen LogP) is 4.23. The summed E-state index contributed by atoms with van der Waals surface area (Å²) in [6, 6.07) is 0. The zero-order valence-corrected chi connectivity index (χ0v) is 11.6. The van der Waals surface area contributed by atoms with E-state index in [0.717, 1.165) is 17.5 Å². The molecule has 2 heteroatoms. The first-order valence-electron chi connectivity index (χ1n) is 6.30. The molecule has 0 saturated carbocycles. The molecule has 0 heterocycles. The molecule has 3 unspecified atom stereocenters. The number of rotatable bonds is 6. The summed E-state index contributed by atoms with van der Waals surface area (Å²) < 4.78 is 0. The molecule has 0 N–H and O–H groups in total. The van der Waals surface area contributed by atoms with Gasteiger partial charge in [-0.3, -0.25) is 0 Å². The minimum atomic E-state index is 0. The van der Waals surface area contributed by atoms with Crippen LogP contribution in [0.2, 0.25) is 17.5 Å². The molecule has 0 aromatic heterocycles. The van der Waals surface area contributed by atoms with Crippen LogP contribution in [0.3, 0.4) is 0 Å². The molecule has 1 radical (unpaired) electrons. The molecule has 0 saturated heterocycles. The topological polar surface area (TPSA) is 0 Å². The van der Waals surface area contributed by atoms with Crippen LogP contribution in [0.5, 0.6) is 0 Å². The van der Waals surface area contributed by atoms with Crippen molar-refractivity contribution < 1.29 is 0 Å². The summed E-state index contributed by atoms with van der Waals surface area (Å²) in [7, 11) is 0. The van der Waals surface area contributed by atoms with Crippen LogP contribution in [0.25, 0.3) is 0 Å². The van der Waals surface area contributed by atoms with Crippen molar-refractivity contribution in [1.82, 2.24) is 0 Å². The van der Waals surface area contributed by atoms with E-state index in [1.54, 1.807) is 0 Å². The Morgan fingerprint density at radius 3 is 1.07 bits per heavy atom. The number of hydrogen-bond acceptors (Lipinski definition) is 0. The zero-order valence-electron chi connectivity index (χ0n) is 11.6. The van der Waals surface area contributed by atoms with E-state index < -0.39 is 0 Å². The quantitative estimate of drug-likeness (QED) is 0.549. The SMILES string of the molecule is CCC(C)[BH-](C(C)CC)C(C)CC.[Li]. The van der Waals surface area contributed by atoms with Gasteiger partial charge in [-0.15, -0.1) is 0 Å². The van der Waals surface area contributed by atoms with Crippen LogP contribution in [0.4, 0.5) is 0 Å². The molecule has 0 amide bonds. The van der Waals surface area contributed by atoms with E-state index in [4.69, 9.17) is 0 Å². The minimum Gasteiger partial charge on any atom is -0.172 e. The van der Waals surface area contributed by atoms with Crippen molar-refractivity contribution in [2.75, 3.05) is 0 Å². The molecule has 0 bridgehead atoms. The van der Waals surface area contributed by atoms with Gasteiger partial charge in [0.2, 0.25) is 0 Å². The fourth-order valence-electron chi connectivity index (χ4n) is 3.06. The molecule has 0 spiro atoms. The first kappa shape index (κ1) is 17.1. The van der Waals surface area contributed by atoms with E-state index in [1.807, 2.05) is 0 Å². The fraction of sp³-hybridized carbons (Fsp3) is 1.00. The summed E-state index contributed by atoms with van der Waals surface area (Å²) in [4.78, 5) is 0. The Morgan fingerprint density at radius 2 is 0.929 bits per heavy atom. The van der Waals surface area contributed by atoms with E-state index in [-0.39, 0.29) is 25.6 Å². The van der Waals surface area contributed by atoms with Gasteiger partial charge < -0.3 is 0 Å². The molecular weight excluding hydrogens is 162 g/mol. The van der Waals surface area contributed by atoms with Gasteiger partial charge in [0.1, 0.15) is 0 Å². The second-order valence-corrected chi connectivity index (χ2v) is 5.25. The van der Waals surface area contributed by atoms with Crippen LogP contribution in [-0.4, -0.2) is 25.6 Å². The summed E-state index contributed by atoms with van der Waals surface area (Å²) >= 11 is 0. The van der Waals surface area contributed by atoms with Crippen molar-refractivity contribution >= 4 is 25.6 Å². The standard InChI is InChI=1S/C12H28B.Li/c1-7-10(4)13(11(5)8-2)12(6)9-3;/h10-13H,7-9H2,1-6H3;/q-1;. The van der Waals surface area contributed by atoms with Gasteiger partial charge in [-0.2, -0.15) is 17.5 Å². The Bertz CT molecular complexity index is 104. The van der Waals surface area contributed by atoms with Gasteiger partial charge in [0, 0.05) is 18.9 Å². The number of hydrogen-bond donors (Lipinski definition) is 0. The maximum Gasteiger partial charge on any atom is 0 e.